The highest BCUT2D eigenvalue weighted by Gasteiger charge is 2.14. The van der Waals surface area contributed by atoms with Crippen LogP contribution in [0.5, 0.6) is 0 Å². The summed E-state index contributed by atoms with van der Waals surface area (Å²) >= 11 is 4.89. The van der Waals surface area contributed by atoms with Gasteiger partial charge < -0.3 is 4.57 Å². The highest BCUT2D eigenvalue weighted by molar-refractivity contribution is 9.10. The number of anilines is 1. The maximum atomic E-state index is 12.4. The summed E-state index contributed by atoms with van der Waals surface area (Å²) in [5, 5.41) is 3.51. The van der Waals surface area contributed by atoms with E-state index in [0.717, 1.165) is 21.2 Å². The van der Waals surface area contributed by atoms with Crippen LogP contribution in [0.2, 0.25) is 0 Å². The normalized spacial score (nSPS) is 11.0. The van der Waals surface area contributed by atoms with E-state index in [1.165, 1.54) is 16.9 Å². The highest BCUT2D eigenvalue weighted by atomic mass is 79.9. The molecule has 0 radical (unpaired) electrons. The quantitative estimate of drug-likeness (QED) is 0.747. The van der Waals surface area contributed by atoms with E-state index in [1.54, 1.807) is 0 Å². The molecule has 21 heavy (non-hydrogen) atoms. The van der Waals surface area contributed by atoms with Crippen molar-refractivity contribution in [3.8, 4) is 0 Å². The van der Waals surface area contributed by atoms with Gasteiger partial charge in [0.2, 0.25) is 0 Å². The number of hydrogen-bond acceptors (Lipinski definition) is 3. The Labute approximate surface area is 134 Å². The van der Waals surface area contributed by atoms with Crippen LogP contribution in [0.1, 0.15) is 23.0 Å². The maximum absolute atomic E-state index is 12.4. The molecule has 3 aromatic rings. The number of benzene rings is 1. The van der Waals surface area contributed by atoms with Gasteiger partial charge in [-0.15, -0.1) is 0 Å². The Morgan fingerprint density at radius 1 is 1.43 bits per heavy atom. The first-order chi connectivity index (χ1) is 10.1. The molecule has 2 heterocycles. The van der Waals surface area contributed by atoms with Crippen molar-refractivity contribution >= 4 is 48.5 Å². The zero-order valence-electron chi connectivity index (χ0n) is 11.7. The van der Waals surface area contributed by atoms with Gasteiger partial charge in [-0.1, -0.05) is 17.4 Å². The molecule has 0 aliphatic carbocycles. The zero-order chi connectivity index (χ0) is 15.0. The molecule has 1 aromatic carbocycles. The molecule has 0 aliphatic heterocycles. The second-order valence-corrected chi connectivity index (χ2v) is 6.72. The summed E-state index contributed by atoms with van der Waals surface area (Å²) in [6.45, 7) is 4.79. The van der Waals surface area contributed by atoms with E-state index in [1.807, 2.05) is 42.8 Å². The standard InChI is InChI=1S/C15H14BrN3OS/c1-3-19-8-10(16)7-12(19)14(20)18-15-17-11-5-4-9(2)6-13(11)21-15/h4-8H,3H2,1-2H3,(H,17,18,20). The van der Waals surface area contributed by atoms with Gasteiger partial charge in [0, 0.05) is 17.2 Å². The first-order valence-corrected chi connectivity index (χ1v) is 8.22. The minimum absolute atomic E-state index is 0.140. The number of carbonyl (C=O) groups is 1. The molecule has 0 atom stereocenters. The summed E-state index contributed by atoms with van der Waals surface area (Å²) < 4.78 is 3.88. The molecule has 3 rings (SSSR count). The lowest BCUT2D eigenvalue weighted by atomic mass is 10.2. The Morgan fingerprint density at radius 3 is 3.00 bits per heavy atom. The summed E-state index contributed by atoms with van der Waals surface area (Å²) in [5.41, 5.74) is 2.72. The maximum Gasteiger partial charge on any atom is 0.274 e. The fraction of sp³-hybridized carbons (Fsp3) is 0.200. The molecule has 4 nitrogen and oxygen atoms in total. The Balaban J connectivity index is 1.88. The molecule has 0 bridgehead atoms. The third-order valence-corrected chi connectivity index (χ3v) is 4.57. The number of aromatic nitrogens is 2. The number of hydrogen-bond donors (Lipinski definition) is 1. The van der Waals surface area contributed by atoms with E-state index in [2.05, 4.69) is 32.3 Å². The SMILES string of the molecule is CCn1cc(Br)cc1C(=O)Nc1nc2ccc(C)cc2s1. The number of rotatable bonds is 3. The van der Waals surface area contributed by atoms with Gasteiger partial charge in [0.15, 0.2) is 5.13 Å². The number of nitrogens with zero attached hydrogens (tertiary/aromatic N) is 2. The average molecular weight is 364 g/mol. The van der Waals surface area contributed by atoms with Crippen LogP contribution < -0.4 is 5.32 Å². The summed E-state index contributed by atoms with van der Waals surface area (Å²) in [7, 11) is 0. The van der Waals surface area contributed by atoms with Crippen LogP contribution in [0.15, 0.2) is 34.9 Å². The molecule has 1 amide bonds. The van der Waals surface area contributed by atoms with Crippen molar-refractivity contribution in [1.82, 2.24) is 9.55 Å². The number of aryl methyl sites for hydroxylation is 2. The van der Waals surface area contributed by atoms with Crippen LogP contribution in [-0.4, -0.2) is 15.5 Å². The fourth-order valence-electron chi connectivity index (χ4n) is 2.17. The lowest BCUT2D eigenvalue weighted by molar-refractivity contribution is 0.101. The Bertz CT molecular complexity index is 822. The van der Waals surface area contributed by atoms with E-state index in [9.17, 15) is 4.79 Å². The van der Waals surface area contributed by atoms with Gasteiger partial charge in [-0.2, -0.15) is 0 Å². The molecule has 1 N–H and O–H groups in total. The monoisotopic (exact) mass is 363 g/mol. The minimum Gasteiger partial charge on any atom is -0.343 e. The second-order valence-electron chi connectivity index (χ2n) is 4.77. The van der Waals surface area contributed by atoms with Gasteiger partial charge in [0.1, 0.15) is 5.69 Å². The van der Waals surface area contributed by atoms with E-state index in [-0.39, 0.29) is 5.91 Å². The van der Waals surface area contributed by atoms with Crippen molar-refractivity contribution in [2.24, 2.45) is 0 Å². The zero-order valence-corrected chi connectivity index (χ0v) is 14.1. The van der Waals surface area contributed by atoms with Crippen molar-refractivity contribution in [3.63, 3.8) is 0 Å². The highest BCUT2D eigenvalue weighted by Crippen LogP contribution is 2.27. The van der Waals surface area contributed by atoms with E-state index >= 15 is 0 Å². The Morgan fingerprint density at radius 2 is 2.24 bits per heavy atom. The number of nitrogens with one attached hydrogen (secondary N) is 1. The number of halogens is 1. The molecular formula is C15H14BrN3OS. The smallest absolute Gasteiger partial charge is 0.274 e. The predicted molar refractivity (Wildman–Crippen MR) is 90.1 cm³/mol. The van der Waals surface area contributed by atoms with Crippen LogP contribution >= 0.6 is 27.3 Å². The molecule has 0 aliphatic rings. The van der Waals surface area contributed by atoms with Gasteiger partial charge in [-0.25, -0.2) is 4.98 Å². The number of amides is 1. The molecule has 0 spiro atoms. The van der Waals surface area contributed by atoms with Gasteiger partial charge in [0.05, 0.1) is 10.2 Å². The summed E-state index contributed by atoms with van der Waals surface area (Å²) in [6.07, 6.45) is 1.90. The molecule has 0 saturated carbocycles. The average Bonchev–Trinajstić information content (AvgIpc) is 3.00. The lowest BCUT2D eigenvalue weighted by Crippen LogP contribution is -2.16. The summed E-state index contributed by atoms with van der Waals surface area (Å²) in [4.78, 5) is 16.8. The van der Waals surface area contributed by atoms with Gasteiger partial charge in [-0.05, 0) is 53.5 Å². The predicted octanol–water partition coefficient (Wildman–Crippen LogP) is 4.44. The van der Waals surface area contributed by atoms with Crippen LogP contribution in [0, 0.1) is 6.92 Å². The van der Waals surface area contributed by atoms with Crippen molar-refractivity contribution in [3.05, 3.63) is 46.2 Å². The van der Waals surface area contributed by atoms with Crippen LogP contribution in [0.3, 0.4) is 0 Å². The van der Waals surface area contributed by atoms with Crippen molar-refractivity contribution in [1.29, 1.82) is 0 Å². The Kier molecular flexibility index (Phi) is 3.82. The van der Waals surface area contributed by atoms with Crippen LogP contribution in [0.25, 0.3) is 10.2 Å². The number of carbonyl (C=O) groups excluding carboxylic acids is 1. The van der Waals surface area contributed by atoms with Gasteiger partial charge >= 0.3 is 0 Å². The molecule has 0 saturated heterocycles. The molecule has 6 heteroatoms. The molecule has 0 fully saturated rings. The summed E-state index contributed by atoms with van der Waals surface area (Å²) in [5.74, 6) is -0.140. The van der Waals surface area contributed by atoms with Gasteiger partial charge in [0.25, 0.3) is 5.91 Å². The number of fused-ring (bicyclic) bond motifs is 1. The number of thiazole rings is 1. The first-order valence-electron chi connectivity index (χ1n) is 6.61. The van der Waals surface area contributed by atoms with Crippen LogP contribution in [0.4, 0.5) is 5.13 Å². The van der Waals surface area contributed by atoms with Crippen LogP contribution in [-0.2, 0) is 6.54 Å². The topological polar surface area (TPSA) is 46.9 Å². The van der Waals surface area contributed by atoms with Crippen molar-refractivity contribution < 1.29 is 4.79 Å². The van der Waals surface area contributed by atoms with E-state index < -0.39 is 0 Å². The molecule has 0 unspecified atom stereocenters. The Hall–Kier alpha value is -1.66. The minimum atomic E-state index is -0.140. The molecule has 2 aromatic heterocycles. The lowest BCUT2D eigenvalue weighted by Gasteiger charge is -2.04. The fourth-order valence-corrected chi connectivity index (χ4v) is 3.60. The second kappa shape index (κ2) is 5.61. The summed E-state index contributed by atoms with van der Waals surface area (Å²) in [6, 6.07) is 7.89. The third-order valence-electron chi connectivity index (χ3n) is 3.20. The first kappa shape index (κ1) is 14.3. The van der Waals surface area contributed by atoms with Gasteiger partial charge in [-0.3, -0.25) is 10.1 Å². The van der Waals surface area contributed by atoms with Crippen molar-refractivity contribution in [2.75, 3.05) is 5.32 Å². The third kappa shape index (κ3) is 2.87. The largest absolute Gasteiger partial charge is 0.343 e. The molecule has 108 valence electrons. The molecular weight excluding hydrogens is 350 g/mol. The van der Waals surface area contributed by atoms with Crippen molar-refractivity contribution in [2.45, 2.75) is 20.4 Å². The van der Waals surface area contributed by atoms with E-state index in [4.69, 9.17) is 0 Å². The van der Waals surface area contributed by atoms with E-state index in [0.29, 0.717) is 10.8 Å².